The Morgan fingerprint density at radius 3 is 2.06 bits per heavy atom. The summed E-state index contributed by atoms with van der Waals surface area (Å²) < 4.78 is 0. The number of rotatable bonds is 11. The monoisotopic (exact) mass is 368 g/mol. The van der Waals surface area contributed by atoms with Crippen molar-refractivity contribution >= 4 is 5.97 Å². The number of carboxylic acids is 1. The van der Waals surface area contributed by atoms with Gasteiger partial charge in [-0.05, 0) is 25.7 Å². The molecule has 0 aliphatic carbocycles. The molecule has 0 aromatic rings. The van der Waals surface area contributed by atoms with Gasteiger partial charge in [0.2, 0.25) is 0 Å². The van der Waals surface area contributed by atoms with E-state index in [1.54, 1.807) is 0 Å². The van der Waals surface area contributed by atoms with Crippen LogP contribution < -0.4 is 0 Å². The van der Waals surface area contributed by atoms with Crippen molar-refractivity contribution < 1.29 is 50.7 Å². The normalized spacial score (nSPS) is 10.4. The fourth-order valence-electron chi connectivity index (χ4n) is 1.63. The number of hydrogen-bond acceptors (Lipinski definition) is 1. The summed E-state index contributed by atoms with van der Waals surface area (Å²) in [4.78, 5) is 10.3. The number of carbonyl (C=O) groups is 1. The first-order valence-corrected chi connectivity index (χ1v) is 6.64. The summed E-state index contributed by atoms with van der Waals surface area (Å²) in [6.07, 6.45) is 15.4. The molecule has 1 N–H and O–H groups in total. The molecule has 0 saturated heterocycles. The summed E-state index contributed by atoms with van der Waals surface area (Å²) in [7, 11) is 0. The predicted molar refractivity (Wildman–Crippen MR) is 68.6 cm³/mol. The van der Waals surface area contributed by atoms with Gasteiger partial charge in [0.25, 0.3) is 0 Å². The first-order valence-electron chi connectivity index (χ1n) is 6.64. The van der Waals surface area contributed by atoms with E-state index in [9.17, 15) is 4.79 Å². The zero-order valence-electron chi connectivity index (χ0n) is 11.1. The van der Waals surface area contributed by atoms with Gasteiger partial charge in [0.15, 0.2) is 0 Å². The van der Waals surface area contributed by atoms with Crippen LogP contribution in [0.25, 0.3) is 0 Å². The zero-order chi connectivity index (χ0) is 12.1. The largest absolute Gasteiger partial charge is 0.481 e. The van der Waals surface area contributed by atoms with Crippen LogP contribution in [-0.2, 0) is 4.79 Å². The number of aliphatic carboxylic acids is 1. The van der Waals surface area contributed by atoms with Gasteiger partial charge in [0.1, 0.15) is 0 Å². The summed E-state index contributed by atoms with van der Waals surface area (Å²) in [5.74, 6) is -0.668. The van der Waals surface area contributed by atoms with Crippen LogP contribution in [0.3, 0.4) is 0 Å². The summed E-state index contributed by atoms with van der Waals surface area (Å²) in [5.41, 5.74) is 0. The molecular formula is C14H26NdO2. The first kappa shape index (κ1) is 19.9. The second-order valence-corrected chi connectivity index (χ2v) is 4.31. The summed E-state index contributed by atoms with van der Waals surface area (Å²) in [6.45, 7) is 2.21. The van der Waals surface area contributed by atoms with E-state index in [2.05, 4.69) is 19.1 Å². The van der Waals surface area contributed by atoms with Crippen molar-refractivity contribution in [2.24, 2.45) is 0 Å². The average molecular weight is 371 g/mol. The van der Waals surface area contributed by atoms with Gasteiger partial charge in [-0.1, -0.05) is 51.2 Å². The maximum Gasteiger partial charge on any atom is 0.303 e. The van der Waals surface area contributed by atoms with Crippen molar-refractivity contribution in [3.63, 3.8) is 0 Å². The third kappa shape index (κ3) is 19.1. The van der Waals surface area contributed by atoms with E-state index in [4.69, 9.17) is 5.11 Å². The van der Waals surface area contributed by atoms with Gasteiger partial charge in [0, 0.05) is 47.3 Å². The van der Waals surface area contributed by atoms with E-state index in [0.717, 1.165) is 12.8 Å². The molecule has 0 aliphatic heterocycles. The van der Waals surface area contributed by atoms with Crippen LogP contribution in [0.5, 0.6) is 0 Å². The van der Waals surface area contributed by atoms with Gasteiger partial charge >= 0.3 is 5.97 Å². The second-order valence-electron chi connectivity index (χ2n) is 4.31. The molecule has 0 heterocycles. The van der Waals surface area contributed by atoms with Crippen LogP contribution in [0.2, 0.25) is 0 Å². The Balaban J connectivity index is 0. The van der Waals surface area contributed by atoms with E-state index in [-0.39, 0.29) is 40.8 Å². The number of allylic oxidation sites excluding steroid dienone is 2. The standard InChI is InChI=1S/C14H26O2.Nd/c1-2-3-4-5-6-7-8-9-10-11-12-13-14(15)16;/h5-6H,2-4,7-13H2,1H3,(H,15,16);/b6-5-;. The van der Waals surface area contributed by atoms with E-state index in [1.165, 1.54) is 44.9 Å². The molecule has 0 aromatic heterocycles. The average Bonchev–Trinajstić information content (AvgIpc) is 2.25. The smallest absolute Gasteiger partial charge is 0.303 e. The van der Waals surface area contributed by atoms with E-state index < -0.39 is 5.97 Å². The Morgan fingerprint density at radius 1 is 0.941 bits per heavy atom. The van der Waals surface area contributed by atoms with Crippen LogP contribution in [0.15, 0.2) is 12.2 Å². The van der Waals surface area contributed by atoms with Crippen LogP contribution >= 0.6 is 0 Å². The number of hydrogen-bond donors (Lipinski definition) is 1. The molecule has 0 rings (SSSR count). The molecule has 0 amide bonds. The summed E-state index contributed by atoms with van der Waals surface area (Å²) in [6, 6.07) is 0. The Morgan fingerprint density at radius 2 is 1.47 bits per heavy atom. The molecule has 0 spiro atoms. The summed E-state index contributed by atoms with van der Waals surface area (Å²) >= 11 is 0. The number of unbranched alkanes of at least 4 members (excludes halogenated alkanes) is 7. The molecule has 0 fully saturated rings. The minimum Gasteiger partial charge on any atom is -0.481 e. The van der Waals surface area contributed by atoms with Crippen LogP contribution in [0.4, 0.5) is 0 Å². The van der Waals surface area contributed by atoms with Crippen molar-refractivity contribution in [3.8, 4) is 0 Å². The molecule has 0 bridgehead atoms. The Bertz CT molecular complexity index is 191. The van der Waals surface area contributed by atoms with Crippen LogP contribution in [0.1, 0.15) is 71.1 Å². The van der Waals surface area contributed by atoms with Gasteiger partial charge in [-0.25, -0.2) is 0 Å². The van der Waals surface area contributed by atoms with Crippen molar-refractivity contribution in [1.29, 1.82) is 0 Å². The third-order valence-corrected chi connectivity index (χ3v) is 2.65. The Kier molecular flexibility index (Phi) is 19.4. The van der Waals surface area contributed by atoms with Crippen molar-refractivity contribution in [2.75, 3.05) is 0 Å². The molecule has 0 atom stereocenters. The van der Waals surface area contributed by atoms with Crippen LogP contribution in [-0.4, -0.2) is 11.1 Å². The predicted octanol–water partition coefficient (Wildman–Crippen LogP) is 4.55. The third-order valence-electron chi connectivity index (χ3n) is 2.65. The fraction of sp³-hybridized carbons (Fsp3) is 0.786. The molecule has 2 nitrogen and oxygen atoms in total. The SMILES string of the molecule is CCCC/C=C\CCCCCCCC(=O)O.[Nd]. The fourth-order valence-corrected chi connectivity index (χ4v) is 1.63. The minimum atomic E-state index is -0.668. The Labute approximate surface area is 139 Å². The zero-order valence-corrected chi connectivity index (χ0v) is 14.3. The Hall–Kier alpha value is 0.561. The van der Waals surface area contributed by atoms with E-state index >= 15 is 0 Å². The van der Waals surface area contributed by atoms with Gasteiger partial charge in [-0.2, -0.15) is 0 Å². The van der Waals surface area contributed by atoms with E-state index in [0.29, 0.717) is 6.42 Å². The van der Waals surface area contributed by atoms with Gasteiger partial charge < -0.3 is 5.11 Å². The molecule has 0 aromatic carbocycles. The van der Waals surface area contributed by atoms with Crippen molar-refractivity contribution in [1.82, 2.24) is 0 Å². The summed E-state index contributed by atoms with van der Waals surface area (Å²) in [5, 5.41) is 8.45. The van der Waals surface area contributed by atoms with Gasteiger partial charge in [0.05, 0.1) is 0 Å². The molecule has 0 unspecified atom stereocenters. The van der Waals surface area contributed by atoms with Gasteiger partial charge in [-0.15, -0.1) is 0 Å². The molecule has 17 heavy (non-hydrogen) atoms. The minimum absolute atomic E-state index is 0. The second kappa shape index (κ2) is 16.6. The topological polar surface area (TPSA) is 37.3 Å². The van der Waals surface area contributed by atoms with Crippen molar-refractivity contribution in [2.45, 2.75) is 71.1 Å². The quantitative estimate of drug-likeness (QED) is 0.428. The number of carboxylic acid groups (broad SMARTS) is 1. The molecule has 0 saturated carbocycles. The first-order chi connectivity index (χ1) is 7.77. The van der Waals surface area contributed by atoms with Gasteiger partial charge in [-0.3, -0.25) is 4.79 Å². The van der Waals surface area contributed by atoms with Crippen molar-refractivity contribution in [3.05, 3.63) is 12.2 Å². The molecule has 3 heteroatoms. The molecule has 0 aliphatic rings. The molecule has 0 radical (unpaired) electrons. The van der Waals surface area contributed by atoms with Crippen LogP contribution in [0, 0.1) is 40.8 Å². The maximum atomic E-state index is 10.3. The molecular weight excluding hydrogens is 344 g/mol. The molecule has 98 valence electrons. The van der Waals surface area contributed by atoms with E-state index in [1.807, 2.05) is 0 Å². The maximum absolute atomic E-state index is 10.3.